The van der Waals surface area contributed by atoms with Crippen molar-refractivity contribution < 1.29 is 4.74 Å². The standard InChI is InChI=1S/C13H18BrNO/c1-3-10-9-15(14)7-6-11-8-12(16-2)4-5-13(10)11/h4-5,8,10H,3,6-7,9H2,1-2H3. The molecule has 0 fully saturated rings. The normalized spacial score (nSPS) is 21.3. The van der Waals surface area contributed by atoms with E-state index in [2.05, 4.69) is 45.2 Å². The average molecular weight is 284 g/mol. The van der Waals surface area contributed by atoms with E-state index in [0.717, 1.165) is 25.3 Å². The van der Waals surface area contributed by atoms with Gasteiger partial charge in [0.15, 0.2) is 0 Å². The smallest absolute Gasteiger partial charge is 0.119 e. The minimum absolute atomic E-state index is 0.628. The molecule has 0 N–H and O–H groups in total. The Morgan fingerprint density at radius 2 is 2.31 bits per heavy atom. The molecule has 88 valence electrons. The predicted octanol–water partition coefficient (Wildman–Crippen LogP) is 3.36. The first-order valence-electron chi connectivity index (χ1n) is 5.82. The monoisotopic (exact) mass is 283 g/mol. The van der Waals surface area contributed by atoms with Crippen LogP contribution in [0.15, 0.2) is 18.2 Å². The highest BCUT2D eigenvalue weighted by Gasteiger charge is 2.20. The van der Waals surface area contributed by atoms with Gasteiger partial charge in [0.1, 0.15) is 5.75 Å². The Labute approximate surface area is 106 Å². The van der Waals surface area contributed by atoms with Crippen molar-refractivity contribution in [1.29, 1.82) is 0 Å². The number of benzene rings is 1. The number of fused-ring (bicyclic) bond motifs is 1. The van der Waals surface area contributed by atoms with Gasteiger partial charge in [-0.3, -0.25) is 0 Å². The fraction of sp³-hybridized carbons (Fsp3) is 0.538. The second-order valence-corrected chi connectivity index (χ2v) is 5.29. The van der Waals surface area contributed by atoms with E-state index in [1.807, 2.05) is 0 Å². The van der Waals surface area contributed by atoms with Crippen molar-refractivity contribution in [3.8, 4) is 5.75 Å². The predicted molar refractivity (Wildman–Crippen MR) is 70.2 cm³/mol. The molecule has 0 aromatic heterocycles. The summed E-state index contributed by atoms with van der Waals surface area (Å²) < 4.78 is 7.54. The zero-order valence-electron chi connectivity index (χ0n) is 9.87. The largest absolute Gasteiger partial charge is 0.497 e. The second-order valence-electron chi connectivity index (χ2n) is 4.29. The zero-order chi connectivity index (χ0) is 11.5. The quantitative estimate of drug-likeness (QED) is 0.772. The van der Waals surface area contributed by atoms with E-state index in [1.54, 1.807) is 7.11 Å². The minimum Gasteiger partial charge on any atom is -0.497 e. The maximum atomic E-state index is 5.29. The van der Waals surface area contributed by atoms with Crippen LogP contribution in [-0.4, -0.2) is 24.1 Å². The fourth-order valence-corrected chi connectivity index (χ4v) is 2.87. The van der Waals surface area contributed by atoms with E-state index in [9.17, 15) is 0 Å². The number of halogens is 1. The Balaban J connectivity index is 2.36. The summed E-state index contributed by atoms with van der Waals surface area (Å²) in [7, 11) is 1.73. The second kappa shape index (κ2) is 5.19. The van der Waals surface area contributed by atoms with Gasteiger partial charge >= 0.3 is 0 Å². The maximum absolute atomic E-state index is 5.29. The lowest BCUT2D eigenvalue weighted by atomic mass is 9.92. The van der Waals surface area contributed by atoms with Gasteiger partial charge in [0.2, 0.25) is 0 Å². The van der Waals surface area contributed by atoms with E-state index in [1.165, 1.54) is 17.5 Å². The van der Waals surface area contributed by atoms with Gasteiger partial charge in [0.25, 0.3) is 0 Å². The van der Waals surface area contributed by atoms with Gasteiger partial charge < -0.3 is 4.74 Å². The Kier molecular flexibility index (Phi) is 3.87. The summed E-state index contributed by atoms with van der Waals surface area (Å²) in [6.45, 7) is 4.41. The molecule has 2 rings (SSSR count). The van der Waals surface area contributed by atoms with E-state index in [4.69, 9.17) is 4.74 Å². The van der Waals surface area contributed by atoms with Gasteiger partial charge in [0.05, 0.1) is 7.11 Å². The topological polar surface area (TPSA) is 12.5 Å². The first-order chi connectivity index (χ1) is 7.74. The summed E-state index contributed by atoms with van der Waals surface area (Å²) in [6, 6.07) is 6.49. The molecule has 1 atom stereocenters. The van der Waals surface area contributed by atoms with Gasteiger partial charge in [-0.15, -0.1) is 0 Å². The molecular weight excluding hydrogens is 266 g/mol. The third-order valence-electron chi connectivity index (χ3n) is 3.33. The van der Waals surface area contributed by atoms with Crippen molar-refractivity contribution in [2.24, 2.45) is 0 Å². The van der Waals surface area contributed by atoms with Crippen LogP contribution in [0.25, 0.3) is 0 Å². The van der Waals surface area contributed by atoms with Crippen molar-refractivity contribution in [3.05, 3.63) is 29.3 Å². The molecule has 0 amide bonds. The molecule has 3 heteroatoms. The minimum atomic E-state index is 0.628. The molecule has 0 bridgehead atoms. The van der Waals surface area contributed by atoms with Crippen LogP contribution >= 0.6 is 16.1 Å². The van der Waals surface area contributed by atoms with Gasteiger partial charge in [0, 0.05) is 29.2 Å². The Hall–Kier alpha value is -0.540. The Morgan fingerprint density at radius 3 is 3.00 bits per heavy atom. The molecule has 0 spiro atoms. The first-order valence-corrected chi connectivity index (χ1v) is 6.53. The van der Waals surface area contributed by atoms with E-state index >= 15 is 0 Å². The molecular formula is C13H18BrNO. The molecule has 0 radical (unpaired) electrons. The van der Waals surface area contributed by atoms with Crippen LogP contribution in [0.5, 0.6) is 5.75 Å². The van der Waals surface area contributed by atoms with Gasteiger partial charge in [-0.05, 0) is 42.0 Å². The number of hydrogen-bond donors (Lipinski definition) is 0. The van der Waals surface area contributed by atoms with E-state index in [0.29, 0.717) is 5.92 Å². The Bertz CT molecular complexity index is 367. The molecule has 1 aromatic carbocycles. The van der Waals surface area contributed by atoms with Crippen molar-refractivity contribution in [1.82, 2.24) is 3.93 Å². The number of hydrogen-bond acceptors (Lipinski definition) is 2. The molecule has 1 unspecified atom stereocenters. The highest BCUT2D eigenvalue weighted by Crippen LogP contribution is 2.31. The molecule has 1 heterocycles. The van der Waals surface area contributed by atoms with Crippen LogP contribution in [0, 0.1) is 0 Å². The lowest BCUT2D eigenvalue weighted by molar-refractivity contribution is 0.414. The number of methoxy groups -OCH3 is 1. The highest BCUT2D eigenvalue weighted by molar-refractivity contribution is 9.07. The van der Waals surface area contributed by atoms with Gasteiger partial charge in [-0.1, -0.05) is 13.0 Å². The van der Waals surface area contributed by atoms with E-state index in [-0.39, 0.29) is 0 Å². The highest BCUT2D eigenvalue weighted by atomic mass is 79.9. The van der Waals surface area contributed by atoms with Crippen LogP contribution < -0.4 is 4.74 Å². The SMILES string of the molecule is CCC1CN(Br)CCc2cc(OC)ccc21. The third-order valence-corrected chi connectivity index (χ3v) is 3.97. The number of ether oxygens (including phenoxy) is 1. The summed E-state index contributed by atoms with van der Waals surface area (Å²) in [5.41, 5.74) is 2.93. The van der Waals surface area contributed by atoms with Gasteiger partial charge in [-0.25, -0.2) is 3.93 Å². The van der Waals surface area contributed by atoms with Crippen molar-refractivity contribution in [2.75, 3.05) is 20.2 Å². The summed E-state index contributed by atoms with van der Waals surface area (Å²) in [5.74, 6) is 1.60. The molecule has 1 aliphatic rings. The molecule has 2 nitrogen and oxygen atoms in total. The van der Waals surface area contributed by atoms with Crippen LogP contribution in [0.1, 0.15) is 30.4 Å². The van der Waals surface area contributed by atoms with Crippen LogP contribution in [0.2, 0.25) is 0 Å². The number of rotatable bonds is 2. The Morgan fingerprint density at radius 1 is 1.50 bits per heavy atom. The number of nitrogens with zero attached hydrogens (tertiary/aromatic N) is 1. The summed E-state index contributed by atoms with van der Waals surface area (Å²) in [6.07, 6.45) is 2.27. The van der Waals surface area contributed by atoms with E-state index < -0.39 is 0 Å². The lowest BCUT2D eigenvalue weighted by Crippen LogP contribution is -2.17. The van der Waals surface area contributed by atoms with Crippen molar-refractivity contribution in [3.63, 3.8) is 0 Å². The molecule has 1 aromatic rings. The molecule has 1 aliphatic heterocycles. The maximum Gasteiger partial charge on any atom is 0.119 e. The zero-order valence-corrected chi connectivity index (χ0v) is 11.5. The first kappa shape index (κ1) is 11.9. The average Bonchev–Trinajstić information content (AvgIpc) is 2.48. The summed E-state index contributed by atoms with van der Waals surface area (Å²) >= 11 is 3.62. The molecule has 0 saturated carbocycles. The van der Waals surface area contributed by atoms with Gasteiger partial charge in [-0.2, -0.15) is 0 Å². The van der Waals surface area contributed by atoms with Crippen molar-refractivity contribution in [2.45, 2.75) is 25.7 Å². The van der Waals surface area contributed by atoms with Crippen LogP contribution in [0.4, 0.5) is 0 Å². The molecule has 0 aliphatic carbocycles. The third kappa shape index (κ3) is 2.41. The molecule has 16 heavy (non-hydrogen) atoms. The van der Waals surface area contributed by atoms with Crippen LogP contribution in [-0.2, 0) is 6.42 Å². The summed E-state index contributed by atoms with van der Waals surface area (Å²) in [5, 5.41) is 0. The summed E-state index contributed by atoms with van der Waals surface area (Å²) in [4.78, 5) is 0. The lowest BCUT2D eigenvalue weighted by Gasteiger charge is -2.18. The molecule has 0 saturated heterocycles. The van der Waals surface area contributed by atoms with Crippen LogP contribution in [0.3, 0.4) is 0 Å². The fourth-order valence-electron chi connectivity index (χ4n) is 2.34. The van der Waals surface area contributed by atoms with Crippen molar-refractivity contribution >= 4 is 16.1 Å².